The highest BCUT2D eigenvalue weighted by atomic mass is 79.9. The number of ketones is 2. The van der Waals surface area contributed by atoms with E-state index in [-0.39, 0.29) is 32.9 Å². The van der Waals surface area contributed by atoms with E-state index in [4.69, 9.17) is 0 Å². The maximum Gasteiger partial charge on any atom is 0.176 e. The van der Waals surface area contributed by atoms with E-state index in [1.54, 1.807) is 0 Å². The Hall–Kier alpha value is -1.54. The summed E-state index contributed by atoms with van der Waals surface area (Å²) < 4.78 is 52.1. The van der Waals surface area contributed by atoms with Gasteiger partial charge in [0.25, 0.3) is 0 Å². The third-order valence-electron chi connectivity index (χ3n) is 3.39. The summed E-state index contributed by atoms with van der Waals surface area (Å²) in [6.45, 7) is 2.89. The minimum absolute atomic E-state index is 0.00752. The molecule has 0 aliphatic rings. The Morgan fingerprint density at radius 1 is 0.692 bits per heavy atom. The molecule has 0 aromatic heterocycles. The normalized spacial score (nSPS) is 10.2. The Balaban J connectivity index is 0.000000260. The second-order valence-corrected chi connectivity index (χ2v) is 6.35. The van der Waals surface area contributed by atoms with Gasteiger partial charge in [-0.15, -0.1) is 0 Å². The summed E-state index contributed by atoms with van der Waals surface area (Å²) in [7, 11) is 0. The van der Waals surface area contributed by atoms with Crippen LogP contribution in [0.2, 0.25) is 0 Å². The SMILES string of the molecule is Cc1ccc(C(=O)CBr)c(F)c1F.Cc1ccc(C(=O)CBr)c(F)c1F. The van der Waals surface area contributed by atoms with Gasteiger partial charge in [0.2, 0.25) is 0 Å². The zero-order chi connectivity index (χ0) is 20.0. The summed E-state index contributed by atoms with van der Waals surface area (Å²) in [6, 6.07) is 5.34. The van der Waals surface area contributed by atoms with E-state index in [2.05, 4.69) is 31.9 Å². The van der Waals surface area contributed by atoms with Crippen molar-refractivity contribution in [1.29, 1.82) is 0 Å². The zero-order valence-corrected chi connectivity index (χ0v) is 17.0. The van der Waals surface area contributed by atoms with E-state index in [1.165, 1.54) is 38.1 Å². The van der Waals surface area contributed by atoms with Crippen molar-refractivity contribution in [2.75, 3.05) is 10.7 Å². The molecule has 2 nitrogen and oxygen atoms in total. The van der Waals surface area contributed by atoms with Gasteiger partial charge in [0.05, 0.1) is 21.8 Å². The molecular formula is C18H14Br2F4O2. The third-order valence-corrected chi connectivity index (χ3v) is 4.41. The largest absolute Gasteiger partial charge is 0.293 e. The smallest absolute Gasteiger partial charge is 0.176 e. The summed E-state index contributed by atoms with van der Waals surface area (Å²) in [5.41, 5.74) is -0.0211. The first-order valence-corrected chi connectivity index (χ1v) is 9.47. The van der Waals surface area contributed by atoms with Crippen molar-refractivity contribution < 1.29 is 27.2 Å². The molecule has 2 aromatic carbocycles. The fourth-order valence-corrected chi connectivity index (χ4v) is 2.47. The lowest BCUT2D eigenvalue weighted by atomic mass is 10.1. The molecule has 0 saturated carbocycles. The molecule has 0 unspecified atom stereocenters. The second kappa shape index (κ2) is 9.97. The fourth-order valence-electron chi connectivity index (χ4n) is 1.87. The van der Waals surface area contributed by atoms with Crippen LogP contribution in [-0.4, -0.2) is 22.2 Å². The summed E-state index contributed by atoms with van der Waals surface area (Å²) in [6.07, 6.45) is 0. The lowest BCUT2D eigenvalue weighted by molar-refractivity contribution is 0.101. The highest BCUT2D eigenvalue weighted by molar-refractivity contribution is 9.09. The van der Waals surface area contributed by atoms with Crippen molar-refractivity contribution in [2.24, 2.45) is 0 Å². The lowest BCUT2D eigenvalue weighted by Crippen LogP contribution is -2.06. The Morgan fingerprint density at radius 2 is 1.00 bits per heavy atom. The third kappa shape index (κ3) is 5.23. The quantitative estimate of drug-likeness (QED) is 0.308. The van der Waals surface area contributed by atoms with Gasteiger partial charge in [-0.25, -0.2) is 17.6 Å². The van der Waals surface area contributed by atoms with E-state index in [0.29, 0.717) is 0 Å². The number of Topliss-reactive ketones (excluding diaryl/α,β-unsaturated/α-hetero) is 2. The van der Waals surface area contributed by atoms with E-state index in [0.717, 1.165) is 0 Å². The van der Waals surface area contributed by atoms with Crippen molar-refractivity contribution in [2.45, 2.75) is 13.8 Å². The average Bonchev–Trinajstić information content (AvgIpc) is 2.64. The number of benzene rings is 2. The van der Waals surface area contributed by atoms with Gasteiger partial charge in [-0.1, -0.05) is 44.0 Å². The molecule has 0 saturated heterocycles. The van der Waals surface area contributed by atoms with Crippen LogP contribution in [0.4, 0.5) is 17.6 Å². The topological polar surface area (TPSA) is 34.1 Å². The van der Waals surface area contributed by atoms with Gasteiger partial charge in [-0.2, -0.15) is 0 Å². The lowest BCUT2D eigenvalue weighted by Gasteiger charge is -2.02. The standard InChI is InChI=1S/2C9H7BrF2O/c2*1-5-2-3-6(7(13)4-10)9(12)8(5)11/h2*2-3H,4H2,1H3. The molecule has 0 N–H and O–H groups in total. The number of rotatable bonds is 4. The van der Waals surface area contributed by atoms with Crippen LogP contribution in [0.3, 0.4) is 0 Å². The molecule has 0 radical (unpaired) electrons. The Kier molecular flexibility index (Phi) is 8.62. The Bertz CT molecular complexity index is 769. The molecule has 0 spiro atoms. The number of aryl methyl sites for hydroxylation is 2. The van der Waals surface area contributed by atoms with Crippen LogP contribution in [0, 0.1) is 37.1 Å². The average molecular weight is 498 g/mol. The maximum atomic E-state index is 13.1. The number of hydrogen-bond donors (Lipinski definition) is 0. The van der Waals surface area contributed by atoms with Crippen molar-refractivity contribution in [1.82, 2.24) is 0 Å². The van der Waals surface area contributed by atoms with Crippen LogP contribution in [0.15, 0.2) is 24.3 Å². The van der Waals surface area contributed by atoms with Crippen molar-refractivity contribution in [3.8, 4) is 0 Å². The molecule has 140 valence electrons. The Labute approximate surface area is 164 Å². The molecule has 2 rings (SSSR count). The molecule has 8 heteroatoms. The summed E-state index contributed by atoms with van der Waals surface area (Å²) >= 11 is 5.78. The van der Waals surface area contributed by atoms with Gasteiger partial charge in [-0.3, -0.25) is 9.59 Å². The summed E-state index contributed by atoms with van der Waals surface area (Å²) in [5.74, 6) is -4.96. The number of alkyl halides is 2. The highest BCUT2D eigenvalue weighted by Gasteiger charge is 2.16. The highest BCUT2D eigenvalue weighted by Crippen LogP contribution is 2.17. The van der Waals surface area contributed by atoms with Gasteiger partial charge < -0.3 is 0 Å². The van der Waals surface area contributed by atoms with Gasteiger partial charge in [-0.05, 0) is 37.1 Å². The van der Waals surface area contributed by atoms with Crippen LogP contribution in [0.25, 0.3) is 0 Å². The molecule has 2 aromatic rings. The van der Waals surface area contributed by atoms with E-state index >= 15 is 0 Å². The minimum atomic E-state index is -1.07. The predicted octanol–water partition coefficient (Wildman–Crippen LogP) is 5.70. The molecule has 0 atom stereocenters. The van der Waals surface area contributed by atoms with Crippen LogP contribution in [-0.2, 0) is 0 Å². The molecule has 0 aliphatic heterocycles. The number of carbonyl (C=O) groups excluding carboxylic acids is 2. The van der Waals surface area contributed by atoms with Crippen LogP contribution < -0.4 is 0 Å². The monoisotopic (exact) mass is 496 g/mol. The molecule has 26 heavy (non-hydrogen) atoms. The van der Waals surface area contributed by atoms with Gasteiger partial charge in [0.1, 0.15) is 0 Å². The summed E-state index contributed by atoms with van der Waals surface area (Å²) in [4.78, 5) is 22.1. The van der Waals surface area contributed by atoms with E-state index in [1.807, 2.05) is 0 Å². The van der Waals surface area contributed by atoms with Crippen LogP contribution >= 0.6 is 31.9 Å². The maximum absolute atomic E-state index is 13.1. The molecule has 0 fully saturated rings. The van der Waals surface area contributed by atoms with Crippen molar-refractivity contribution in [3.63, 3.8) is 0 Å². The van der Waals surface area contributed by atoms with Crippen molar-refractivity contribution in [3.05, 3.63) is 69.8 Å². The van der Waals surface area contributed by atoms with Crippen LogP contribution in [0.1, 0.15) is 31.8 Å². The molecule has 0 aliphatic carbocycles. The first kappa shape index (κ1) is 22.5. The first-order valence-electron chi connectivity index (χ1n) is 7.23. The number of halogens is 6. The molecule has 0 bridgehead atoms. The zero-order valence-electron chi connectivity index (χ0n) is 13.8. The molecular weight excluding hydrogens is 484 g/mol. The molecule has 0 heterocycles. The van der Waals surface area contributed by atoms with Gasteiger partial charge in [0, 0.05) is 0 Å². The Morgan fingerprint density at radius 3 is 1.27 bits per heavy atom. The second-order valence-electron chi connectivity index (χ2n) is 5.23. The summed E-state index contributed by atoms with van der Waals surface area (Å²) in [5, 5.41) is -0.0150. The van der Waals surface area contributed by atoms with Crippen LogP contribution in [0.5, 0.6) is 0 Å². The first-order chi connectivity index (χ1) is 12.1. The van der Waals surface area contributed by atoms with Crippen molar-refractivity contribution >= 4 is 43.4 Å². The van der Waals surface area contributed by atoms with E-state index < -0.39 is 34.8 Å². The minimum Gasteiger partial charge on any atom is -0.293 e. The van der Waals surface area contributed by atoms with Gasteiger partial charge >= 0.3 is 0 Å². The number of carbonyl (C=O) groups is 2. The van der Waals surface area contributed by atoms with Gasteiger partial charge in [0.15, 0.2) is 34.8 Å². The van der Waals surface area contributed by atoms with E-state index in [9.17, 15) is 27.2 Å². The molecule has 0 amide bonds. The number of hydrogen-bond acceptors (Lipinski definition) is 2. The fraction of sp³-hybridized carbons (Fsp3) is 0.222. The predicted molar refractivity (Wildman–Crippen MR) is 98.4 cm³/mol.